The van der Waals surface area contributed by atoms with E-state index in [2.05, 4.69) is 0 Å². The van der Waals surface area contributed by atoms with E-state index in [0.717, 1.165) is 25.7 Å². The second kappa shape index (κ2) is 4.42. The number of aliphatic hydroxyl groups excluding tert-OH is 1. The molecule has 0 aromatic carbocycles. The van der Waals surface area contributed by atoms with Gasteiger partial charge in [-0.1, -0.05) is 6.42 Å². The number of hydrogen-bond acceptors (Lipinski definition) is 3. The minimum absolute atomic E-state index is 0.181. The zero-order chi connectivity index (χ0) is 9.90. The molecule has 1 N–H and O–H groups in total. The van der Waals surface area contributed by atoms with Crippen molar-refractivity contribution in [1.82, 2.24) is 0 Å². The first kappa shape index (κ1) is 11.0. The van der Waals surface area contributed by atoms with Crippen LogP contribution in [0.2, 0.25) is 0 Å². The molecule has 0 aliphatic heterocycles. The maximum absolute atomic E-state index is 10.8. The second-order valence-corrected chi connectivity index (χ2v) is 6.29. The molecule has 13 heavy (non-hydrogen) atoms. The van der Waals surface area contributed by atoms with E-state index in [1.165, 1.54) is 6.26 Å². The summed E-state index contributed by atoms with van der Waals surface area (Å²) in [6, 6.07) is 0. The Labute approximate surface area is 80.1 Å². The molecule has 0 radical (unpaired) electrons. The van der Waals surface area contributed by atoms with Crippen LogP contribution in [0.4, 0.5) is 0 Å². The largest absolute Gasteiger partial charge is 0.393 e. The Kier molecular flexibility index (Phi) is 3.74. The molecule has 4 heteroatoms. The quantitative estimate of drug-likeness (QED) is 0.745. The highest BCUT2D eigenvalue weighted by Crippen LogP contribution is 2.29. The fourth-order valence-corrected chi connectivity index (χ4v) is 2.65. The van der Waals surface area contributed by atoms with Crippen molar-refractivity contribution in [2.75, 3.05) is 12.0 Å². The molecule has 1 saturated carbocycles. The number of hydrogen-bond donors (Lipinski definition) is 1. The molecule has 0 bridgehead atoms. The van der Waals surface area contributed by atoms with E-state index in [0.29, 0.717) is 12.3 Å². The summed E-state index contributed by atoms with van der Waals surface area (Å²) < 4.78 is 21.6. The SMILES string of the molecule is CS(=O)(=O)CCCC1CCCC1O. The van der Waals surface area contributed by atoms with Crippen LogP contribution < -0.4 is 0 Å². The average Bonchev–Trinajstić information content (AvgIpc) is 2.34. The average molecular weight is 206 g/mol. The van der Waals surface area contributed by atoms with Crippen LogP contribution in [0.5, 0.6) is 0 Å². The van der Waals surface area contributed by atoms with Crippen molar-refractivity contribution >= 4 is 9.84 Å². The van der Waals surface area contributed by atoms with Crippen LogP contribution in [-0.2, 0) is 9.84 Å². The van der Waals surface area contributed by atoms with Crippen molar-refractivity contribution in [3.05, 3.63) is 0 Å². The Hall–Kier alpha value is -0.0900. The Morgan fingerprint density at radius 1 is 1.38 bits per heavy atom. The van der Waals surface area contributed by atoms with Gasteiger partial charge >= 0.3 is 0 Å². The van der Waals surface area contributed by atoms with E-state index < -0.39 is 9.84 Å². The van der Waals surface area contributed by atoms with Crippen molar-refractivity contribution in [2.45, 2.75) is 38.2 Å². The maximum atomic E-state index is 10.8. The minimum atomic E-state index is -2.81. The lowest BCUT2D eigenvalue weighted by atomic mass is 10.0. The fourth-order valence-electron chi connectivity index (χ4n) is 1.96. The molecule has 0 saturated heterocycles. The van der Waals surface area contributed by atoms with E-state index >= 15 is 0 Å². The molecule has 1 fully saturated rings. The van der Waals surface area contributed by atoms with Crippen LogP contribution in [-0.4, -0.2) is 31.6 Å². The van der Waals surface area contributed by atoms with Crippen LogP contribution in [0.15, 0.2) is 0 Å². The fraction of sp³-hybridized carbons (Fsp3) is 1.00. The monoisotopic (exact) mass is 206 g/mol. The Balaban J connectivity index is 2.19. The summed E-state index contributed by atoms with van der Waals surface area (Å²) in [6.07, 6.45) is 5.67. The van der Waals surface area contributed by atoms with Crippen molar-refractivity contribution in [1.29, 1.82) is 0 Å². The normalized spacial score (nSPS) is 29.4. The van der Waals surface area contributed by atoms with Crippen molar-refractivity contribution in [3.8, 4) is 0 Å². The summed E-state index contributed by atoms with van der Waals surface area (Å²) in [6.45, 7) is 0. The molecule has 0 aromatic heterocycles. The summed E-state index contributed by atoms with van der Waals surface area (Å²) in [5.74, 6) is 0.609. The Bertz CT molecular complexity index is 246. The third-order valence-corrected chi connectivity index (χ3v) is 3.74. The second-order valence-electron chi connectivity index (χ2n) is 4.03. The topological polar surface area (TPSA) is 54.4 Å². The molecule has 2 atom stereocenters. The van der Waals surface area contributed by atoms with Crippen LogP contribution in [0.1, 0.15) is 32.1 Å². The lowest BCUT2D eigenvalue weighted by Crippen LogP contribution is -2.14. The highest BCUT2D eigenvalue weighted by molar-refractivity contribution is 7.90. The highest BCUT2D eigenvalue weighted by Gasteiger charge is 2.24. The van der Waals surface area contributed by atoms with Gasteiger partial charge in [-0.25, -0.2) is 8.42 Å². The molecule has 1 aliphatic carbocycles. The van der Waals surface area contributed by atoms with Gasteiger partial charge in [0.15, 0.2) is 0 Å². The predicted molar refractivity (Wildman–Crippen MR) is 52.3 cm³/mol. The summed E-state index contributed by atoms with van der Waals surface area (Å²) >= 11 is 0. The van der Waals surface area contributed by atoms with E-state index in [9.17, 15) is 13.5 Å². The van der Waals surface area contributed by atoms with Gasteiger partial charge in [0.05, 0.1) is 6.10 Å². The zero-order valence-corrected chi connectivity index (χ0v) is 8.89. The van der Waals surface area contributed by atoms with Gasteiger partial charge in [0.2, 0.25) is 0 Å². The van der Waals surface area contributed by atoms with Crippen LogP contribution >= 0.6 is 0 Å². The molecule has 0 aromatic rings. The standard InChI is InChI=1S/C9H18O3S/c1-13(11,12)7-3-5-8-4-2-6-9(8)10/h8-10H,2-7H2,1H3. The first-order chi connectivity index (χ1) is 5.99. The zero-order valence-electron chi connectivity index (χ0n) is 8.07. The number of aliphatic hydroxyl groups is 1. The summed E-state index contributed by atoms with van der Waals surface area (Å²) in [4.78, 5) is 0. The summed E-state index contributed by atoms with van der Waals surface area (Å²) in [7, 11) is -2.81. The maximum Gasteiger partial charge on any atom is 0.147 e. The first-order valence-corrected chi connectivity index (χ1v) is 6.91. The van der Waals surface area contributed by atoms with Crippen molar-refractivity contribution < 1.29 is 13.5 Å². The molecular weight excluding hydrogens is 188 g/mol. The molecular formula is C9H18O3S. The van der Waals surface area contributed by atoms with Gasteiger partial charge < -0.3 is 5.11 Å². The third-order valence-electron chi connectivity index (χ3n) is 2.71. The predicted octanol–water partition coefficient (Wildman–Crippen LogP) is 0.972. The van der Waals surface area contributed by atoms with Gasteiger partial charge in [-0.15, -0.1) is 0 Å². The van der Waals surface area contributed by atoms with E-state index in [4.69, 9.17) is 0 Å². The van der Waals surface area contributed by atoms with Gasteiger partial charge in [-0.05, 0) is 31.6 Å². The van der Waals surface area contributed by atoms with Gasteiger partial charge in [-0.2, -0.15) is 0 Å². The van der Waals surface area contributed by atoms with E-state index in [1.54, 1.807) is 0 Å². The summed E-state index contributed by atoms with van der Waals surface area (Å²) in [5, 5.41) is 9.47. The van der Waals surface area contributed by atoms with Crippen LogP contribution in [0.3, 0.4) is 0 Å². The molecule has 0 amide bonds. The molecule has 78 valence electrons. The number of sulfone groups is 1. The lowest BCUT2D eigenvalue weighted by Gasteiger charge is -2.13. The minimum Gasteiger partial charge on any atom is -0.393 e. The number of rotatable bonds is 4. The molecule has 3 nitrogen and oxygen atoms in total. The van der Waals surface area contributed by atoms with Gasteiger partial charge in [0.25, 0.3) is 0 Å². The molecule has 2 unspecified atom stereocenters. The molecule has 1 rings (SSSR count). The first-order valence-electron chi connectivity index (χ1n) is 4.85. The van der Waals surface area contributed by atoms with E-state index in [-0.39, 0.29) is 11.9 Å². The lowest BCUT2D eigenvalue weighted by molar-refractivity contribution is 0.127. The van der Waals surface area contributed by atoms with Crippen molar-refractivity contribution in [2.24, 2.45) is 5.92 Å². The van der Waals surface area contributed by atoms with E-state index in [1.807, 2.05) is 0 Å². The molecule has 0 spiro atoms. The van der Waals surface area contributed by atoms with Crippen molar-refractivity contribution in [3.63, 3.8) is 0 Å². The van der Waals surface area contributed by atoms with Gasteiger partial charge in [0.1, 0.15) is 9.84 Å². The highest BCUT2D eigenvalue weighted by atomic mass is 32.2. The Morgan fingerprint density at radius 3 is 2.54 bits per heavy atom. The molecule has 1 aliphatic rings. The summed E-state index contributed by atoms with van der Waals surface area (Å²) in [5.41, 5.74) is 0. The van der Waals surface area contributed by atoms with Gasteiger partial charge in [-0.3, -0.25) is 0 Å². The smallest absolute Gasteiger partial charge is 0.147 e. The third kappa shape index (κ3) is 4.09. The van der Waals surface area contributed by atoms with Crippen LogP contribution in [0, 0.1) is 5.92 Å². The molecule has 0 heterocycles. The van der Waals surface area contributed by atoms with Crippen LogP contribution in [0.25, 0.3) is 0 Å². The van der Waals surface area contributed by atoms with Gasteiger partial charge in [0, 0.05) is 12.0 Å². The Morgan fingerprint density at radius 2 is 2.08 bits per heavy atom.